The van der Waals surface area contributed by atoms with Gasteiger partial charge in [0.25, 0.3) is 0 Å². The van der Waals surface area contributed by atoms with Crippen LogP contribution in [0, 0.1) is 17.8 Å². The summed E-state index contributed by atoms with van der Waals surface area (Å²) >= 11 is 0. The molecular weight excluding hydrogens is 170 g/mol. The summed E-state index contributed by atoms with van der Waals surface area (Å²) < 4.78 is 0. The lowest BCUT2D eigenvalue weighted by molar-refractivity contribution is -0.143. The van der Waals surface area contributed by atoms with Crippen LogP contribution in [0.4, 0.5) is 0 Å². The minimum Gasteiger partial charge on any atom is -0.481 e. The molecule has 0 aromatic rings. The van der Waals surface area contributed by atoms with Crippen molar-refractivity contribution < 1.29 is 14.7 Å². The largest absolute Gasteiger partial charge is 0.481 e. The van der Waals surface area contributed by atoms with Crippen LogP contribution < -0.4 is 0 Å². The molecule has 0 radical (unpaired) electrons. The Morgan fingerprint density at radius 1 is 1.62 bits per heavy atom. The first-order valence-corrected chi connectivity index (χ1v) is 4.56. The molecule has 0 amide bonds. The highest BCUT2D eigenvalue weighted by atomic mass is 16.6. The van der Waals surface area contributed by atoms with Crippen molar-refractivity contribution in [2.24, 2.45) is 22.9 Å². The van der Waals surface area contributed by atoms with Gasteiger partial charge in [-0.05, 0) is 25.2 Å². The van der Waals surface area contributed by atoms with Crippen molar-refractivity contribution in [3.63, 3.8) is 0 Å². The molecule has 13 heavy (non-hydrogen) atoms. The lowest BCUT2D eigenvalue weighted by atomic mass is 9.98. The third-order valence-corrected chi connectivity index (χ3v) is 3.18. The van der Waals surface area contributed by atoms with Crippen LogP contribution in [0.5, 0.6) is 0 Å². The van der Waals surface area contributed by atoms with Crippen molar-refractivity contribution in [2.75, 3.05) is 7.11 Å². The van der Waals surface area contributed by atoms with E-state index in [1.54, 1.807) is 0 Å². The van der Waals surface area contributed by atoms with Crippen LogP contribution in [-0.2, 0) is 9.63 Å². The van der Waals surface area contributed by atoms with E-state index in [2.05, 4.69) is 5.16 Å². The summed E-state index contributed by atoms with van der Waals surface area (Å²) in [5, 5.41) is 12.9. The molecule has 72 valence electrons. The zero-order chi connectivity index (χ0) is 9.42. The summed E-state index contributed by atoms with van der Waals surface area (Å²) in [4.78, 5) is 15.6. The van der Waals surface area contributed by atoms with Gasteiger partial charge in [0.15, 0.2) is 0 Å². The Morgan fingerprint density at radius 3 is 2.92 bits per heavy atom. The fraction of sp³-hybridized carbons (Fsp3) is 0.778. The average molecular weight is 183 g/mol. The molecule has 2 bridgehead atoms. The van der Waals surface area contributed by atoms with Gasteiger partial charge < -0.3 is 9.94 Å². The van der Waals surface area contributed by atoms with Crippen LogP contribution in [0.2, 0.25) is 0 Å². The van der Waals surface area contributed by atoms with Gasteiger partial charge in [-0.3, -0.25) is 4.79 Å². The van der Waals surface area contributed by atoms with Crippen molar-refractivity contribution in [1.29, 1.82) is 0 Å². The summed E-state index contributed by atoms with van der Waals surface area (Å²) in [6, 6.07) is 0. The summed E-state index contributed by atoms with van der Waals surface area (Å²) in [7, 11) is 1.51. The van der Waals surface area contributed by atoms with Gasteiger partial charge in [0, 0.05) is 5.92 Å². The Kier molecular flexibility index (Phi) is 1.98. The minimum atomic E-state index is -0.672. The normalized spacial score (nSPS) is 39.8. The molecular formula is C9H13NO3. The third-order valence-electron chi connectivity index (χ3n) is 3.18. The molecule has 0 unspecified atom stereocenters. The van der Waals surface area contributed by atoms with E-state index < -0.39 is 5.97 Å². The topological polar surface area (TPSA) is 58.9 Å². The third kappa shape index (κ3) is 1.20. The van der Waals surface area contributed by atoms with Gasteiger partial charge in [0.1, 0.15) is 7.11 Å². The second kappa shape index (κ2) is 3.01. The van der Waals surface area contributed by atoms with Crippen molar-refractivity contribution in [2.45, 2.75) is 19.3 Å². The minimum absolute atomic E-state index is 0.141. The fourth-order valence-electron chi connectivity index (χ4n) is 2.70. The molecule has 0 saturated heterocycles. The van der Waals surface area contributed by atoms with Gasteiger partial charge >= 0.3 is 5.97 Å². The van der Waals surface area contributed by atoms with E-state index in [1.807, 2.05) is 0 Å². The molecule has 2 aliphatic rings. The lowest BCUT2D eigenvalue weighted by Crippen LogP contribution is -2.20. The Bertz CT molecular complexity index is 262. The second-order valence-electron chi connectivity index (χ2n) is 3.78. The molecule has 0 spiro atoms. The van der Waals surface area contributed by atoms with Crippen LogP contribution in [0.15, 0.2) is 5.16 Å². The van der Waals surface area contributed by atoms with Gasteiger partial charge in [-0.1, -0.05) is 5.16 Å². The number of fused-ring (bicyclic) bond motifs is 2. The molecule has 2 aliphatic carbocycles. The van der Waals surface area contributed by atoms with E-state index in [4.69, 9.17) is 9.94 Å². The number of oxime groups is 1. The zero-order valence-corrected chi connectivity index (χ0v) is 7.56. The van der Waals surface area contributed by atoms with Crippen LogP contribution in [0.3, 0.4) is 0 Å². The molecule has 2 rings (SSSR count). The van der Waals surface area contributed by atoms with Gasteiger partial charge in [0.2, 0.25) is 0 Å². The predicted molar refractivity (Wildman–Crippen MR) is 46.4 cm³/mol. The van der Waals surface area contributed by atoms with Gasteiger partial charge in [-0.25, -0.2) is 0 Å². The highest BCUT2D eigenvalue weighted by molar-refractivity contribution is 5.94. The maximum atomic E-state index is 10.9. The standard InChI is InChI=1S/C9H13NO3/c1-13-10-7-4-5-2-3-6(7)8(5)9(11)12/h5-6,8H,2-4H2,1H3,(H,11,12)/b10-7-/t5-,6-,8+/m0/s1. The molecule has 2 saturated carbocycles. The summed E-state index contributed by atoms with van der Waals surface area (Å²) in [6.45, 7) is 0. The SMILES string of the molecule is CO/N=C1/C[C@@H]2CC[C@@H]1[C@@H]2C(=O)O. The van der Waals surface area contributed by atoms with Crippen molar-refractivity contribution >= 4 is 11.7 Å². The van der Waals surface area contributed by atoms with Crippen LogP contribution in [0.25, 0.3) is 0 Å². The fourth-order valence-corrected chi connectivity index (χ4v) is 2.70. The highest BCUT2D eigenvalue weighted by Gasteiger charge is 2.50. The molecule has 0 aliphatic heterocycles. The molecule has 0 aromatic heterocycles. The Hall–Kier alpha value is -1.06. The van der Waals surface area contributed by atoms with Crippen molar-refractivity contribution in [3.05, 3.63) is 0 Å². The Morgan fingerprint density at radius 2 is 2.38 bits per heavy atom. The number of carboxylic acids is 1. The van der Waals surface area contributed by atoms with Gasteiger partial charge in [-0.15, -0.1) is 0 Å². The first-order chi connectivity index (χ1) is 6.24. The van der Waals surface area contributed by atoms with Crippen LogP contribution in [0.1, 0.15) is 19.3 Å². The number of hydrogen-bond donors (Lipinski definition) is 1. The molecule has 4 heteroatoms. The highest BCUT2D eigenvalue weighted by Crippen LogP contribution is 2.47. The molecule has 1 N–H and O–H groups in total. The Balaban J connectivity index is 2.19. The molecule has 0 heterocycles. The number of nitrogens with zero attached hydrogens (tertiary/aromatic N) is 1. The van der Waals surface area contributed by atoms with Crippen molar-refractivity contribution in [1.82, 2.24) is 0 Å². The quantitative estimate of drug-likeness (QED) is 0.652. The van der Waals surface area contributed by atoms with E-state index in [0.717, 1.165) is 25.0 Å². The van der Waals surface area contributed by atoms with Crippen molar-refractivity contribution in [3.8, 4) is 0 Å². The molecule has 0 aromatic carbocycles. The maximum Gasteiger partial charge on any atom is 0.307 e. The number of rotatable bonds is 2. The zero-order valence-electron chi connectivity index (χ0n) is 7.56. The first kappa shape index (κ1) is 8.53. The Labute approximate surface area is 76.6 Å². The monoisotopic (exact) mass is 183 g/mol. The average Bonchev–Trinajstić information content (AvgIpc) is 2.60. The number of hydrogen-bond acceptors (Lipinski definition) is 3. The van der Waals surface area contributed by atoms with Gasteiger partial charge in [-0.2, -0.15) is 0 Å². The smallest absolute Gasteiger partial charge is 0.307 e. The van der Waals surface area contributed by atoms with Gasteiger partial charge in [0.05, 0.1) is 11.6 Å². The van der Waals surface area contributed by atoms with E-state index >= 15 is 0 Å². The number of carbonyl (C=O) groups is 1. The van der Waals surface area contributed by atoms with E-state index in [0.29, 0.717) is 5.92 Å². The summed E-state index contributed by atoms with van der Waals surface area (Å²) in [5.41, 5.74) is 0.950. The predicted octanol–water partition coefficient (Wildman–Crippen LogP) is 1.12. The van der Waals surface area contributed by atoms with Crippen LogP contribution in [-0.4, -0.2) is 23.9 Å². The summed E-state index contributed by atoms with van der Waals surface area (Å²) in [6.07, 6.45) is 2.81. The lowest BCUT2D eigenvalue weighted by Gasteiger charge is -2.09. The molecule has 2 fully saturated rings. The number of aliphatic carboxylic acids is 1. The second-order valence-corrected chi connectivity index (χ2v) is 3.78. The number of carboxylic acid groups (broad SMARTS) is 1. The van der Waals surface area contributed by atoms with E-state index in [9.17, 15) is 4.79 Å². The molecule has 3 atom stereocenters. The van der Waals surface area contributed by atoms with E-state index in [1.165, 1.54) is 7.11 Å². The first-order valence-electron chi connectivity index (χ1n) is 4.56. The molecule has 4 nitrogen and oxygen atoms in total. The maximum absolute atomic E-state index is 10.9. The van der Waals surface area contributed by atoms with Crippen LogP contribution >= 0.6 is 0 Å². The van der Waals surface area contributed by atoms with E-state index in [-0.39, 0.29) is 11.8 Å². The summed E-state index contributed by atoms with van der Waals surface area (Å²) in [5.74, 6) is -0.429.